The number of rotatable bonds is 7. The molecule has 2 rings (SSSR count). The van der Waals surface area contributed by atoms with E-state index in [4.69, 9.17) is 0 Å². The molecule has 0 aliphatic heterocycles. The van der Waals surface area contributed by atoms with Gasteiger partial charge in [0.2, 0.25) is 5.91 Å². The molecular weight excluding hydrogens is 188 g/mol. The Morgan fingerprint density at radius 1 is 1.33 bits per heavy atom. The van der Waals surface area contributed by atoms with Crippen LogP contribution in [0.2, 0.25) is 0 Å². The average molecular weight is 210 g/mol. The molecule has 3 nitrogen and oxygen atoms in total. The molecule has 1 amide bonds. The molecule has 1 atom stereocenters. The minimum Gasteiger partial charge on any atom is -0.353 e. The molecule has 0 aromatic heterocycles. The van der Waals surface area contributed by atoms with Crippen LogP contribution in [0.3, 0.4) is 0 Å². The van der Waals surface area contributed by atoms with Gasteiger partial charge < -0.3 is 10.6 Å². The van der Waals surface area contributed by atoms with Crippen LogP contribution in [0.5, 0.6) is 0 Å². The zero-order valence-corrected chi connectivity index (χ0v) is 9.59. The summed E-state index contributed by atoms with van der Waals surface area (Å²) >= 11 is 0. The molecule has 0 saturated heterocycles. The molecule has 15 heavy (non-hydrogen) atoms. The Kier molecular flexibility index (Phi) is 3.62. The first-order chi connectivity index (χ1) is 7.24. The van der Waals surface area contributed by atoms with Crippen LogP contribution in [0.4, 0.5) is 0 Å². The van der Waals surface area contributed by atoms with E-state index < -0.39 is 0 Å². The van der Waals surface area contributed by atoms with Gasteiger partial charge >= 0.3 is 0 Å². The summed E-state index contributed by atoms with van der Waals surface area (Å²) in [7, 11) is 0. The summed E-state index contributed by atoms with van der Waals surface area (Å²) in [5, 5.41) is 6.42. The summed E-state index contributed by atoms with van der Waals surface area (Å²) in [6.07, 6.45) is 7.09. The molecule has 3 heteroatoms. The maximum absolute atomic E-state index is 11.4. The van der Waals surface area contributed by atoms with Gasteiger partial charge in [-0.15, -0.1) is 0 Å². The maximum atomic E-state index is 11.4. The van der Waals surface area contributed by atoms with Gasteiger partial charge in [0, 0.05) is 25.0 Å². The lowest BCUT2D eigenvalue weighted by Crippen LogP contribution is -2.33. The Hall–Kier alpha value is -0.570. The van der Waals surface area contributed by atoms with Crippen molar-refractivity contribution in [3.05, 3.63) is 0 Å². The summed E-state index contributed by atoms with van der Waals surface area (Å²) in [5.41, 5.74) is 0. The summed E-state index contributed by atoms with van der Waals surface area (Å²) < 4.78 is 0. The van der Waals surface area contributed by atoms with Crippen molar-refractivity contribution in [2.75, 3.05) is 6.54 Å². The quantitative estimate of drug-likeness (QED) is 0.667. The lowest BCUT2D eigenvalue weighted by atomic mass is 10.1. The van der Waals surface area contributed by atoms with Crippen molar-refractivity contribution in [1.82, 2.24) is 10.6 Å². The van der Waals surface area contributed by atoms with Crippen LogP contribution in [-0.2, 0) is 4.79 Å². The van der Waals surface area contributed by atoms with Crippen LogP contribution in [-0.4, -0.2) is 24.5 Å². The molecule has 1 unspecified atom stereocenters. The fourth-order valence-corrected chi connectivity index (χ4v) is 1.90. The largest absolute Gasteiger partial charge is 0.353 e. The molecule has 2 fully saturated rings. The van der Waals surface area contributed by atoms with E-state index >= 15 is 0 Å². The molecule has 86 valence electrons. The van der Waals surface area contributed by atoms with Gasteiger partial charge in [-0.2, -0.15) is 0 Å². The first-order valence-corrected chi connectivity index (χ1v) is 6.27. The van der Waals surface area contributed by atoms with Crippen LogP contribution in [0.25, 0.3) is 0 Å². The predicted molar refractivity (Wildman–Crippen MR) is 60.6 cm³/mol. The van der Waals surface area contributed by atoms with Crippen LogP contribution in [0.1, 0.15) is 45.4 Å². The van der Waals surface area contributed by atoms with Crippen LogP contribution in [0, 0.1) is 5.92 Å². The van der Waals surface area contributed by atoms with Crippen molar-refractivity contribution in [3.8, 4) is 0 Å². The zero-order valence-electron chi connectivity index (χ0n) is 9.59. The molecule has 2 aliphatic carbocycles. The monoisotopic (exact) mass is 210 g/mol. The average Bonchev–Trinajstić information content (AvgIpc) is 2.99. The molecule has 0 aromatic carbocycles. The van der Waals surface area contributed by atoms with Gasteiger partial charge in [-0.05, 0) is 32.1 Å². The molecule has 0 bridgehead atoms. The Balaban J connectivity index is 1.47. The standard InChI is InChI=1S/C12H22N2O/c1-9(8-10-2-3-10)13-7-6-12(15)14-11-4-5-11/h9-11,13H,2-8H2,1H3,(H,14,15). The predicted octanol–water partition coefficient (Wildman–Crippen LogP) is 1.43. The van der Waals surface area contributed by atoms with E-state index in [-0.39, 0.29) is 5.91 Å². The highest BCUT2D eigenvalue weighted by Gasteiger charge is 2.24. The van der Waals surface area contributed by atoms with E-state index in [1.807, 2.05) is 0 Å². The molecule has 0 radical (unpaired) electrons. The Morgan fingerprint density at radius 2 is 2.07 bits per heavy atom. The topological polar surface area (TPSA) is 41.1 Å². The Morgan fingerprint density at radius 3 is 2.67 bits per heavy atom. The SMILES string of the molecule is CC(CC1CC1)NCCC(=O)NC1CC1. The molecule has 0 spiro atoms. The second-order valence-corrected chi connectivity index (χ2v) is 5.13. The van der Waals surface area contributed by atoms with Crippen LogP contribution in [0.15, 0.2) is 0 Å². The summed E-state index contributed by atoms with van der Waals surface area (Å²) in [5.74, 6) is 1.18. The number of hydrogen-bond acceptors (Lipinski definition) is 2. The first-order valence-electron chi connectivity index (χ1n) is 6.27. The van der Waals surface area contributed by atoms with E-state index in [1.54, 1.807) is 0 Å². The maximum Gasteiger partial charge on any atom is 0.221 e. The van der Waals surface area contributed by atoms with E-state index in [0.717, 1.165) is 12.5 Å². The fourth-order valence-electron chi connectivity index (χ4n) is 1.90. The molecule has 2 N–H and O–H groups in total. The van der Waals surface area contributed by atoms with Crippen LogP contribution < -0.4 is 10.6 Å². The second-order valence-electron chi connectivity index (χ2n) is 5.13. The minimum absolute atomic E-state index is 0.212. The van der Waals surface area contributed by atoms with Crippen molar-refractivity contribution in [2.45, 2.75) is 57.5 Å². The van der Waals surface area contributed by atoms with Crippen molar-refractivity contribution in [1.29, 1.82) is 0 Å². The van der Waals surface area contributed by atoms with Crippen LogP contribution >= 0.6 is 0 Å². The van der Waals surface area contributed by atoms with Gasteiger partial charge in [0.15, 0.2) is 0 Å². The van der Waals surface area contributed by atoms with Gasteiger partial charge in [-0.3, -0.25) is 4.79 Å². The highest BCUT2D eigenvalue weighted by molar-refractivity contribution is 5.76. The van der Waals surface area contributed by atoms with Crippen molar-refractivity contribution < 1.29 is 4.79 Å². The van der Waals surface area contributed by atoms with E-state index in [9.17, 15) is 4.79 Å². The van der Waals surface area contributed by atoms with Gasteiger partial charge in [-0.1, -0.05) is 12.8 Å². The van der Waals surface area contributed by atoms with Gasteiger partial charge in [-0.25, -0.2) is 0 Å². The Labute approximate surface area is 92.0 Å². The number of carbonyl (C=O) groups excluding carboxylic acids is 1. The van der Waals surface area contributed by atoms with Crippen molar-refractivity contribution in [2.24, 2.45) is 5.92 Å². The highest BCUT2D eigenvalue weighted by Crippen LogP contribution is 2.33. The van der Waals surface area contributed by atoms with E-state index in [0.29, 0.717) is 18.5 Å². The summed E-state index contributed by atoms with van der Waals surface area (Å²) in [6.45, 7) is 3.05. The third kappa shape index (κ3) is 4.65. The third-order valence-corrected chi connectivity index (χ3v) is 3.17. The van der Waals surface area contributed by atoms with E-state index in [2.05, 4.69) is 17.6 Å². The smallest absolute Gasteiger partial charge is 0.221 e. The van der Waals surface area contributed by atoms with Crippen molar-refractivity contribution in [3.63, 3.8) is 0 Å². The number of amides is 1. The van der Waals surface area contributed by atoms with E-state index in [1.165, 1.54) is 32.1 Å². The normalized spacial score (nSPS) is 22.5. The zero-order chi connectivity index (χ0) is 10.7. The lowest BCUT2D eigenvalue weighted by molar-refractivity contribution is -0.121. The number of nitrogens with one attached hydrogen (secondary N) is 2. The molecule has 2 aliphatic rings. The Bertz CT molecular complexity index is 222. The summed E-state index contributed by atoms with van der Waals surface area (Å²) in [4.78, 5) is 11.4. The molecule has 0 heterocycles. The number of hydrogen-bond donors (Lipinski definition) is 2. The van der Waals surface area contributed by atoms with Crippen molar-refractivity contribution >= 4 is 5.91 Å². The molecule has 2 saturated carbocycles. The van der Waals surface area contributed by atoms with Gasteiger partial charge in [0.05, 0.1) is 0 Å². The lowest BCUT2D eigenvalue weighted by Gasteiger charge is -2.12. The summed E-state index contributed by atoms with van der Waals surface area (Å²) in [6, 6.07) is 1.08. The third-order valence-electron chi connectivity index (χ3n) is 3.17. The first kappa shape index (κ1) is 10.9. The molecule has 0 aromatic rings. The van der Waals surface area contributed by atoms with Gasteiger partial charge in [0.25, 0.3) is 0 Å². The minimum atomic E-state index is 0.212. The highest BCUT2D eigenvalue weighted by atomic mass is 16.1. The van der Waals surface area contributed by atoms with Gasteiger partial charge in [0.1, 0.15) is 0 Å². The second kappa shape index (κ2) is 4.97. The number of carbonyl (C=O) groups is 1. The fraction of sp³-hybridized carbons (Fsp3) is 0.917. The molecular formula is C12H22N2O.